The van der Waals surface area contributed by atoms with Gasteiger partial charge in [-0.25, -0.2) is 0 Å². The second-order valence-electron chi connectivity index (χ2n) is 3.84. The number of hydrogen-bond acceptors (Lipinski definition) is 1. The number of hydrogen-bond donors (Lipinski definition) is 0. The van der Waals surface area contributed by atoms with Crippen LogP contribution < -0.4 is 0 Å². The van der Waals surface area contributed by atoms with E-state index in [1.54, 1.807) is 0 Å². The summed E-state index contributed by atoms with van der Waals surface area (Å²) in [7, 11) is 0. The Kier molecular flexibility index (Phi) is 4.23. The molecule has 1 saturated heterocycles. The third kappa shape index (κ3) is 3.86. The highest BCUT2D eigenvalue weighted by molar-refractivity contribution is 4.90. The van der Waals surface area contributed by atoms with E-state index in [0.717, 1.165) is 25.7 Å². The molecule has 0 aromatic rings. The topological polar surface area (TPSA) is 12.5 Å². The predicted octanol–water partition coefficient (Wildman–Crippen LogP) is 3.68. The first-order valence-corrected chi connectivity index (χ1v) is 5.28. The van der Waals surface area contributed by atoms with Gasteiger partial charge in [0, 0.05) is 0 Å². The first-order chi connectivity index (χ1) is 6.55. The third-order valence-corrected chi connectivity index (χ3v) is 2.50. The van der Waals surface area contributed by atoms with Crippen molar-refractivity contribution in [2.45, 2.75) is 63.8 Å². The van der Waals surface area contributed by atoms with Gasteiger partial charge in [-0.3, -0.25) is 0 Å². The zero-order valence-electron chi connectivity index (χ0n) is 8.44. The lowest BCUT2D eigenvalue weighted by atomic mass is 10.1. The molecule has 84 valence electrons. The number of epoxide rings is 1. The molecule has 2 atom stereocenters. The largest absolute Gasteiger partial charge is 0.417 e. The minimum absolute atomic E-state index is 0.545. The van der Waals surface area contributed by atoms with Gasteiger partial charge in [0.05, 0.1) is 6.10 Å². The second kappa shape index (κ2) is 5.01. The van der Waals surface area contributed by atoms with Crippen molar-refractivity contribution in [2.75, 3.05) is 0 Å². The fourth-order valence-electron chi connectivity index (χ4n) is 1.60. The highest BCUT2D eigenvalue weighted by atomic mass is 19.4. The lowest BCUT2D eigenvalue weighted by Crippen LogP contribution is -2.18. The molecule has 1 heterocycles. The Hall–Kier alpha value is -0.250. The average molecular weight is 210 g/mol. The van der Waals surface area contributed by atoms with Gasteiger partial charge in [-0.15, -0.1) is 0 Å². The number of alkyl halides is 3. The lowest BCUT2D eigenvalue weighted by molar-refractivity contribution is -0.146. The summed E-state index contributed by atoms with van der Waals surface area (Å²) in [5, 5.41) is 0. The summed E-state index contributed by atoms with van der Waals surface area (Å²) in [5.74, 6) is 0. The van der Waals surface area contributed by atoms with Crippen LogP contribution in [-0.2, 0) is 4.74 Å². The van der Waals surface area contributed by atoms with Crippen molar-refractivity contribution in [3.05, 3.63) is 0 Å². The lowest BCUT2D eigenvalue weighted by Gasteiger charge is -2.00. The monoisotopic (exact) mass is 210 g/mol. The minimum Gasteiger partial charge on any atom is -0.360 e. The van der Waals surface area contributed by atoms with Crippen molar-refractivity contribution in [1.82, 2.24) is 0 Å². The molecule has 0 saturated carbocycles. The summed E-state index contributed by atoms with van der Waals surface area (Å²) in [6.07, 6.45) is -0.248. The Labute approximate surface area is 82.6 Å². The van der Waals surface area contributed by atoms with E-state index >= 15 is 0 Å². The van der Waals surface area contributed by atoms with Crippen molar-refractivity contribution in [3.63, 3.8) is 0 Å². The van der Waals surface area contributed by atoms with Crippen LogP contribution in [0.1, 0.15) is 45.4 Å². The van der Waals surface area contributed by atoms with Crippen LogP contribution in [-0.4, -0.2) is 18.4 Å². The number of unbranched alkanes of at least 4 members (excludes halogenated alkanes) is 4. The van der Waals surface area contributed by atoms with Crippen molar-refractivity contribution in [2.24, 2.45) is 0 Å². The smallest absolute Gasteiger partial charge is 0.360 e. The van der Waals surface area contributed by atoms with E-state index in [-0.39, 0.29) is 0 Å². The van der Waals surface area contributed by atoms with E-state index in [1.807, 2.05) is 0 Å². The van der Waals surface area contributed by atoms with Gasteiger partial charge in [-0.2, -0.15) is 13.2 Å². The van der Waals surface area contributed by atoms with Crippen LogP contribution in [0, 0.1) is 0 Å². The van der Waals surface area contributed by atoms with Gasteiger partial charge in [0.25, 0.3) is 0 Å². The van der Waals surface area contributed by atoms with Crippen LogP contribution in [0.5, 0.6) is 0 Å². The quantitative estimate of drug-likeness (QED) is 0.481. The van der Waals surface area contributed by atoms with Crippen molar-refractivity contribution in [1.29, 1.82) is 0 Å². The summed E-state index contributed by atoms with van der Waals surface area (Å²) in [5.41, 5.74) is 0. The van der Waals surface area contributed by atoms with Crippen LogP contribution in [0.2, 0.25) is 0 Å². The van der Waals surface area contributed by atoms with Crippen LogP contribution >= 0.6 is 0 Å². The minimum atomic E-state index is -4.14. The molecule has 1 aliphatic rings. The standard InChI is InChI=1S/C10H17F3O/c1-2-3-4-5-6-7-8-9(14-8)10(11,12)13/h8-9H,2-7H2,1H3. The second-order valence-corrected chi connectivity index (χ2v) is 3.84. The molecule has 4 heteroatoms. The van der Waals surface area contributed by atoms with Gasteiger partial charge >= 0.3 is 6.18 Å². The normalized spacial score (nSPS) is 26.6. The predicted molar refractivity (Wildman–Crippen MR) is 48.1 cm³/mol. The van der Waals surface area contributed by atoms with E-state index in [1.165, 1.54) is 6.42 Å². The molecule has 0 amide bonds. The molecule has 2 unspecified atom stereocenters. The molecule has 1 nitrogen and oxygen atoms in total. The van der Waals surface area contributed by atoms with E-state index in [2.05, 4.69) is 11.7 Å². The van der Waals surface area contributed by atoms with Gasteiger partial charge in [0.15, 0.2) is 6.10 Å². The molecule has 0 N–H and O–H groups in total. The first-order valence-electron chi connectivity index (χ1n) is 5.28. The Morgan fingerprint density at radius 1 is 1.07 bits per heavy atom. The molecule has 0 bridgehead atoms. The summed E-state index contributed by atoms with van der Waals surface area (Å²) < 4.78 is 40.6. The Morgan fingerprint density at radius 3 is 2.21 bits per heavy atom. The SMILES string of the molecule is CCCCCCCC1OC1C(F)(F)F. The van der Waals surface area contributed by atoms with Gasteiger partial charge in [-0.05, 0) is 6.42 Å². The van der Waals surface area contributed by atoms with Gasteiger partial charge in [-0.1, -0.05) is 39.0 Å². The van der Waals surface area contributed by atoms with E-state index in [4.69, 9.17) is 0 Å². The third-order valence-electron chi connectivity index (χ3n) is 2.50. The van der Waals surface area contributed by atoms with Crippen molar-refractivity contribution in [3.8, 4) is 0 Å². The van der Waals surface area contributed by atoms with E-state index < -0.39 is 18.4 Å². The fraction of sp³-hybridized carbons (Fsp3) is 1.00. The fourth-order valence-corrected chi connectivity index (χ4v) is 1.60. The molecule has 1 rings (SSSR count). The Bertz CT molecular complexity index is 167. The highest BCUT2D eigenvalue weighted by Crippen LogP contribution is 2.40. The van der Waals surface area contributed by atoms with Crippen LogP contribution in [0.4, 0.5) is 13.2 Å². The molecular weight excluding hydrogens is 193 g/mol. The Balaban J connectivity index is 1.96. The highest BCUT2D eigenvalue weighted by Gasteiger charge is 2.57. The number of ether oxygens (including phenoxy) is 1. The molecular formula is C10H17F3O. The summed E-state index contributed by atoms with van der Waals surface area (Å²) in [4.78, 5) is 0. The number of halogens is 3. The zero-order chi connectivity index (χ0) is 10.6. The maximum Gasteiger partial charge on any atom is 0.417 e. The molecule has 14 heavy (non-hydrogen) atoms. The maximum absolute atomic E-state index is 12.0. The van der Waals surface area contributed by atoms with Crippen LogP contribution in [0.15, 0.2) is 0 Å². The molecule has 1 fully saturated rings. The van der Waals surface area contributed by atoms with E-state index in [9.17, 15) is 13.2 Å². The molecule has 0 radical (unpaired) electrons. The zero-order valence-corrected chi connectivity index (χ0v) is 8.44. The van der Waals surface area contributed by atoms with Gasteiger partial charge in [0.2, 0.25) is 0 Å². The molecule has 0 aliphatic carbocycles. The van der Waals surface area contributed by atoms with Gasteiger partial charge in [0.1, 0.15) is 0 Å². The summed E-state index contributed by atoms with van der Waals surface area (Å²) in [6, 6.07) is 0. The van der Waals surface area contributed by atoms with Gasteiger partial charge < -0.3 is 4.74 Å². The summed E-state index contributed by atoms with van der Waals surface area (Å²) >= 11 is 0. The molecule has 1 aliphatic heterocycles. The Morgan fingerprint density at radius 2 is 1.71 bits per heavy atom. The molecule has 0 aromatic heterocycles. The van der Waals surface area contributed by atoms with Crippen molar-refractivity contribution < 1.29 is 17.9 Å². The number of rotatable bonds is 6. The average Bonchev–Trinajstić information content (AvgIpc) is 2.82. The molecule has 0 aromatic carbocycles. The van der Waals surface area contributed by atoms with Crippen LogP contribution in [0.3, 0.4) is 0 Å². The van der Waals surface area contributed by atoms with Crippen molar-refractivity contribution >= 4 is 0 Å². The first kappa shape index (κ1) is 11.8. The van der Waals surface area contributed by atoms with E-state index in [0.29, 0.717) is 6.42 Å². The van der Waals surface area contributed by atoms with Crippen LogP contribution in [0.25, 0.3) is 0 Å². The summed E-state index contributed by atoms with van der Waals surface area (Å²) in [6.45, 7) is 2.11. The maximum atomic E-state index is 12.0. The molecule has 0 spiro atoms.